The minimum atomic E-state index is -2.92. The second-order valence-electron chi connectivity index (χ2n) is 5.22. The molecule has 0 bridgehead atoms. The Hall–Kier alpha value is -0.330. The van der Waals surface area contributed by atoms with Gasteiger partial charge in [-0.05, 0) is 32.7 Å². The van der Waals surface area contributed by atoms with Crippen LogP contribution >= 0.6 is 12.4 Å². The molecule has 2 atom stereocenters. The first-order chi connectivity index (χ1) is 8.53. The highest BCUT2D eigenvalue weighted by Crippen LogP contribution is 2.21. The lowest BCUT2D eigenvalue weighted by Gasteiger charge is -2.32. The van der Waals surface area contributed by atoms with E-state index in [1.807, 2.05) is 6.92 Å². The molecule has 0 radical (unpaired) electrons. The van der Waals surface area contributed by atoms with Crippen molar-refractivity contribution in [1.82, 2.24) is 10.2 Å². The zero-order valence-corrected chi connectivity index (χ0v) is 12.9. The predicted molar refractivity (Wildman–Crippen MR) is 77.3 cm³/mol. The fraction of sp³-hybridized carbons (Fsp3) is 0.917. The van der Waals surface area contributed by atoms with Gasteiger partial charge in [0.1, 0.15) is 0 Å². The van der Waals surface area contributed by atoms with Gasteiger partial charge in [0.05, 0.1) is 17.4 Å². The highest BCUT2D eigenvalue weighted by atomic mass is 35.5. The van der Waals surface area contributed by atoms with Gasteiger partial charge in [0, 0.05) is 19.1 Å². The number of carbonyl (C=O) groups is 1. The molecule has 7 heteroatoms. The molecule has 1 N–H and O–H groups in total. The molecular formula is C12H23ClN2O3S. The standard InChI is InChI=1S/C12H22N2O3S.ClH/c1-2-14(11-5-7-18(16,17)9-11)12(15)10-4-3-6-13-8-10;/h10-11,13H,2-9H2,1H3;1H/t10-,11?;/m1./s1. The van der Waals surface area contributed by atoms with Gasteiger partial charge < -0.3 is 10.2 Å². The lowest BCUT2D eigenvalue weighted by molar-refractivity contribution is -0.137. The Morgan fingerprint density at radius 3 is 2.58 bits per heavy atom. The van der Waals surface area contributed by atoms with E-state index in [0.717, 1.165) is 25.9 Å². The molecule has 1 amide bonds. The van der Waals surface area contributed by atoms with E-state index in [0.29, 0.717) is 13.0 Å². The predicted octanol–water partition coefficient (Wildman–Crippen LogP) is 0.443. The minimum Gasteiger partial charge on any atom is -0.339 e. The van der Waals surface area contributed by atoms with Crippen molar-refractivity contribution in [3.63, 3.8) is 0 Å². The number of hydrogen-bond acceptors (Lipinski definition) is 4. The van der Waals surface area contributed by atoms with E-state index in [9.17, 15) is 13.2 Å². The molecule has 0 aromatic rings. The lowest BCUT2D eigenvalue weighted by atomic mass is 9.97. The second kappa shape index (κ2) is 6.90. The highest BCUT2D eigenvalue weighted by Gasteiger charge is 2.36. The fourth-order valence-corrected chi connectivity index (χ4v) is 4.64. The number of piperidine rings is 1. The zero-order chi connectivity index (χ0) is 13.2. The number of amides is 1. The quantitative estimate of drug-likeness (QED) is 0.821. The van der Waals surface area contributed by atoms with E-state index in [2.05, 4.69) is 5.32 Å². The van der Waals surface area contributed by atoms with E-state index >= 15 is 0 Å². The largest absolute Gasteiger partial charge is 0.339 e. The molecule has 2 saturated heterocycles. The van der Waals surface area contributed by atoms with Crippen LogP contribution in [0.4, 0.5) is 0 Å². The van der Waals surface area contributed by atoms with Gasteiger partial charge in [0.25, 0.3) is 0 Å². The third-order valence-electron chi connectivity index (χ3n) is 3.92. The molecule has 2 aliphatic rings. The van der Waals surface area contributed by atoms with Crippen LogP contribution in [0.3, 0.4) is 0 Å². The Labute approximate surface area is 121 Å². The normalized spacial score (nSPS) is 29.5. The van der Waals surface area contributed by atoms with Crippen LogP contribution in [0.15, 0.2) is 0 Å². The van der Waals surface area contributed by atoms with Crippen LogP contribution in [0.1, 0.15) is 26.2 Å². The highest BCUT2D eigenvalue weighted by molar-refractivity contribution is 7.91. The Morgan fingerprint density at radius 2 is 2.11 bits per heavy atom. The van der Waals surface area contributed by atoms with Crippen LogP contribution in [0, 0.1) is 5.92 Å². The number of rotatable bonds is 3. The minimum absolute atomic E-state index is 0. The maximum Gasteiger partial charge on any atom is 0.227 e. The molecular weight excluding hydrogens is 288 g/mol. The molecule has 5 nitrogen and oxygen atoms in total. The van der Waals surface area contributed by atoms with E-state index in [-0.39, 0.29) is 41.8 Å². The summed E-state index contributed by atoms with van der Waals surface area (Å²) in [6.45, 7) is 4.25. The van der Waals surface area contributed by atoms with Crippen molar-refractivity contribution < 1.29 is 13.2 Å². The molecule has 19 heavy (non-hydrogen) atoms. The van der Waals surface area contributed by atoms with Gasteiger partial charge in [0.2, 0.25) is 5.91 Å². The fourth-order valence-electron chi connectivity index (χ4n) is 2.91. The van der Waals surface area contributed by atoms with Crippen molar-refractivity contribution in [3.8, 4) is 0 Å². The summed E-state index contributed by atoms with van der Waals surface area (Å²) in [6, 6.07) is -0.102. The van der Waals surface area contributed by atoms with E-state index in [4.69, 9.17) is 0 Å². The van der Waals surface area contributed by atoms with E-state index in [1.165, 1.54) is 0 Å². The van der Waals surface area contributed by atoms with Gasteiger partial charge in [-0.15, -0.1) is 12.4 Å². The summed E-state index contributed by atoms with van der Waals surface area (Å²) >= 11 is 0. The molecule has 0 aliphatic carbocycles. The van der Waals surface area contributed by atoms with Crippen molar-refractivity contribution in [1.29, 1.82) is 0 Å². The monoisotopic (exact) mass is 310 g/mol. The first-order valence-corrected chi connectivity index (χ1v) is 8.57. The van der Waals surface area contributed by atoms with Crippen molar-refractivity contribution in [3.05, 3.63) is 0 Å². The van der Waals surface area contributed by atoms with E-state index in [1.54, 1.807) is 4.90 Å². The number of carbonyl (C=O) groups excluding carboxylic acids is 1. The van der Waals surface area contributed by atoms with Crippen LogP contribution in [0.2, 0.25) is 0 Å². The molecule has 112 valence electrons. The molecule has 2 heterocycles. The summed E-state index contributed by atoms with van der Waals surface area (Å²) in [6.07, 6.45) is 2.54. The first-order valence-electron chi connectivity index (χ1n) is 6.75. The third-order valence-corrected chi connectivity index (χ3v) is 5.67. The van der Waals surface area contributed by atoms with Gasteiger partial charge in [-0.1, -0.05) is 0 Å². The number of nitrogens with one attached hydrogen (secondary N) is 1. The molecule has 2 fully saturated rings. The second-order valence-corrected chi connectivity index (χ2v) is 7.45. The van der Waals surface area contributed by atoms with Crippen LogP contribution in [0.25, 0.3) is 0 Å². The number of hydrogen-bond donors (Lipinski definition) is 1. The van der Waals surface area contributed by atoms with E-state index < -0.39 is 9.84 Å². The zero-order valence-electron chi connectivity index (χ0n) is 11.3. The van der Waals surface area contributed by atoms with Crippen LogP contribution < -0.4 is 5.32 Å². The Balaban J connectivity index is 0.00000180. The van der Waals surface area contributed by atoms with Gasteiger partial charge in [-0.3, -0.25) is 4.79 Å². The van der Waals surface area contributed by atoms with Crippen molar-refractivity contribution in [2.75, 3.05) is 31.1 Å². The summed E-state index contributed by atoms with van der Waals surface area (Å²) in [5.41, 5.74) is 0. The third kappa shape index (κ3) is 4.07. The molecule has 0 aromatic carbocycles. The first kappa shape index (κ1) is 16.7. The molecule has 2 aliphatic heterocycles. The van der Waals surface area contributed by atoms with Crippen LogP contribution in [-0.2, 0) is 14.6 Å². The molecule has 2 rings (SSSR count). The average Bonchev–Trinajstić information content (AvgIpc) is 2.71. The average molecular weight is 311 g/mol. The van der Waals surface area contributed by atoms with Crippen LogP contribution in [0.5, 0.6) is 0 Å². The van der Waals surface area contributed by atoms with Crippen molar-refractivity contribution in [2.45, 2.75) is 32.2 Å². The topological polar surface area (TPSA) is 66.5 Å². The SMILES string of the molecule is CCN(C(=O)[C@@H]1CCCNC1)C1CCS(=O)(=O)C1.Cl. The summed E-state index contributed by atoms with van der Waals surface area (Å²) in [4.78, 5) is 14.2. The van der Waals surface area contributed by atoms with Gasteiger partial charge in [0.15, 0.2) is 9.84 Å². The van der Waals surface area contributed by atoms with Crippen molar-refractivity contribution >= 4 is 28.2 Å². The lowest BCUT2D eigenvalue weighted by Crippen LogP contribution is -2.47. The maximum atomic E-state index is 12.4. The number of sulfone groups is 1. The summed E-state index contributed by atoms with van der Waals surface area (Å²) < 4.78 is 23.0. The maximum absolute atomic E-state index is 12.4. The summed E-state index contributed by atoms with van der Waals surface area (Å²) in [5.74, 6) is 0.533. The molecule has 0 spiro atoms. The van der Waals surface area contributed by atoms with Crippen LogP contribution in [-0.4, -0.2) is 56.4 Å². The smallest absolute Gasteiger partial charge is 0.227 e. The number of nitrogens with zero attached hydrogens (tertiary/aromatic N) is 1. The Bertz CT molecular complexity index is 407. The Kier molecular flexibility index (Phi) is 6.08. The number of halogens is 1. The van der Waals surface area contributed by atoms with Gasteiger partial charge >= 0.3 is 0 Å². The molecule has 0 saturated carbocycles. The summed E-state index contributed by atoms with van der Waals surface area (Å²) in [5, 5.41) is 3.24. The van der Waals surface area contributed by atoms with Gasteiger partial charge in [-0.25, -0.2) is 8.42 Å². The molecule has 1 unspecified atom stereocenters. The Morgan fingerprint density at radius 1 is 1.37 bits per heavy atom. The molecule has 0 aromatic heterocycles. The summed E-state index contributed by atoms with van der Waals surface area (Å²) in [7, 11) is -2.92. The van der Waals surface area contributed by atoms with Crippen molar-refractivity contribution in [2.24, 2.45) is 5.92 Å². The van der Waals surface area contributed by atoms with Gasteiger partial charge in [-0.2, -0.15) is 0 Å².